The van der Waals surface area contributed by atoms with Crippen LogP contribution < -0.4 is 10.6 Å². The zero-order chi connectivity index (χ0) is 19.4. The van der Waals surface area contributed by atoms with E-state index in [1.54, 1.807) is 24.5 Å². The molecule has 1 aromatic heterocycles. The van der Waals surface area contributed by atoms with Crippen molar-refractivity contribution >= 4 is 35.0 Å². The van der Waals surface area contributed by atoms with Crippen LogP contribution in [0.3, 0.4) is 0 Å². The molecule has 0 bridgehead atoms. The second-order valence-electron chi connectivity index (χ2n) is 6.02. The van der Waals surface area contributed by atoms with Crippen LogP contribution in [-0.4, -0.2) is 26.6 Å². The first kappa shape index (κ1) is 18.7. The lowest BCUT2D eigenvalue weighted by atomic mass is 10.1. The molecule has 3 rings (SSSR count). The van der Waals surface area contributed by atoms with E-state index in [1.165, 1.54) is 18.7 Å². The molecule has 0 saturated heterocycles. The van der Waals surface area contributed by atoms with Crippen LogP contribution in [0.2, 0.25) is 0 Å². The SMILES string of the molecule is CC(=O)Nc1cc(C(=O)Nc2ccc(Sc3nncn3C)cc2)ccc1C. The van der Waals surface area contributed by atoms with Gasteiger partial charge in [0.1, 0.15) is 6.33 Å². The number of nitrogens with one attached hydrogen (secondary N) is 2. The number of carbonyl (C=O) groups excluding carboxylic acids is 2. The number of rotatable bonds is 5. The second kappa shape index (κ2) is 8.05. The Kier molecular flexibility index (Phi) is 5.56. The van der Waals surface area contributed by atoms with Crippen molar-refractivity contribution in [1.29, 1.82) is 0 Å². The van der Waals surface area contributed by atoms with Gasteiger partial charge in [-0.05, 0) is 60.6 Å². The monoisotopic (exact) mass is 381 g/mol. The third kappa shape index (κ3) is 4.73. The summed E-state index contributed by atoms with van der Waals surface area (Å²) in [5.41, 5.74) is 2.68. The molecule has 0 aliphatic rings. The van der Waals surface area contributed by atoms with Crippen molar-refractivity contribution in [2.24, 2.45) is 7.05 Å². The van der Waals surface area contributed by atoms with E-state index in [4.69, 9.17) is 0 Å². The third-order valence-electron chi connectivity index (χ3n) is 3.80. The van der Waals surface area contributed by atoms with Gasteiger partial charge in [0.05, 0.1) is 0 Å². The van der Waals surface area contributed by atoms with Gasteiger partial charge in [-0.2, -0.15) is 0 Å². The lowest BCUT2D eigenvalue weighted by molar-refractivity contribution is -0.114. The van der Waals surface area contributed by atoms with Gasteiger partial charge in [0.15, 0.2) is 5.16 Å². The van der Waals surface area contributed by atoms with E-state index < -0.39 is 0 Å². The highest BCUT2D eigenvalue weighted by atomic mass is 32.2. The molecule has 0 spiro atoms. The summed E-state index contributed by atoms with van der Waals surface area (Å²) >= 11 is 1.49. The van der Waals surface area contributed by atoms with Crippen LogP contribution >= 0.6 is 11.8 Å². The molecule has 0 fully saturated rings. The van der Waals surface area contributed by atoms with E-state index in [0.29, 0.717) is 16.9 Å². The summed E-state index contributed by atoms with van der Waals surface area (Å²) in [7, 11) is 1.88. The molecule has 2 amide bonds. The van der Waals surface area contributed by atoms with Gasteiger partial charge in [-0.3, -0.25) is 9.59 Å². The predicted octanol–water partition coefficient (Wildman–Crippen LogP) is 3.49. The lowest BCUT2D eigenvalue weighted by Gasteiger charge is -2.10. The number of carbonyl (C=O) groups is 2. The van der Waals surface area contributed by atoms with E-state index >= 15 is 0 Å². The Morgan fingerprint density at radius 1 is 1.07 bits per heavy atom. The van der Waals surface area contributed by atoms with E-state index in [1.807, 2.05) is 42.8 Å². The van der Waals surface area contributed by atoms with Crippen molar-refractivity contribution in [3.05, 3.63) is 59.9 Å². The molecule has 0 aliphatic heterocycles. The van der Waals surface area contributed by atoms with Gasteiger partial charge in [-0.15, -0.1) is 10.2 Å². The zero-order valence-corrected chi connectivity index (χ0v) is 16.0. The number of aryl methyl sites for hydroxylation is 2. The van der Waals surface area contributed by atoms with Crippen LogP contribution in [0.25, 0.3) is 0 Å². The second-order valence-corrected chi connectivity index (χ2v) is 7.06. The zero-order valence-electron chi connectivity index (χ0n) is 15.2. The minimum atomic E-state index is -0.240. The molecular weight excluding hydrogens is 362 g/mol. The maximum atomic E-state index is 12.5. The van der Waals surface area contributed by atoms with Gasteiger partial charge in [0, 0.05) is 35.8 Å². The summed E-state index contributed by atoms with van der Waals surface area (Å²) in [6.07, 6.45) is 1.65. The van der Waals surface area contributed by atoms with Gasteiger partial charge in [-0.25, -0.2) is 0 Å². The standard InChI is InChI=1S/C19H19N5O2S/c1-12-4-5-14(10-17(12)21-13(2)25)18(26)22-15-6-8-16(9-7-15)27-19-23-20-11-24(19)3/h4-11H,1-3H3,(H,21,25)(H,22,26). The van der Waals surface area contributed by atoms with Crippen LogP contribution in [0.15, 0.2) is 58.8 Å². The van der Waals surface area contributed by atoms with Crippen molar-refractivity contribution in [3.8, 4) is 0 Å². The minimum Gasteiger partial charge on any atom is -0.326 e. The van der Waals surface area contributed by atoms with Crippen molar-refractivity contribution in [2.75, 3.05) is 10.6 Å². The topological polar surface area (TPSA) is 88.9 Å². The third-order valence-corrected chi connectivity index (χ3v) is 4.86. The number of aromatic nitrogens is 3. The molecule has 0 atom stereocenters. The summed E-state index contributed by atoms with van der Waals surface area (Å²) in [6.45, 7) is 3.31. The number of anilines is 2. The number of nitrogens with zero attached hydrogens (tertiary/aromatic N) is 3. The first-order valence-corrected chi connectivity index (χ1v) is 9.05. The smallest absolute Gasteiger partial charge is 0.255 e. The van der Waals surface area contributed by atoms with Crippen LogP contribution in [-0.2, 0) is 11.8 Å². The fraction of sp³-hybridized carbons (Fsp3) is 0.158. The number of benzene rings is 2. The minimum absolute atomic E-state index is 0.174. The lowest BCUT2D eigenvalue weighted by Crippen LogP contribution is -2.13. The van der Waals surface area contributed by atoms with E-state index in [9.17, 15) is 9.59 Å². The van der Waals surface area contributed by atoms with Crippen LogP contribution in [0.5, 0.6) is 0 Å². The highest BCUT2D eigenvalue weighted by molar-refractivity contribution is 7.99. The highest BCUT2D eigenvalue weighted by Crippen LogP contribution is 2.26. The van der Waals surface area contributed by atoms with Gasteiger partial charge < -0.3 is 15.2 Å². The number of hydrogen-bond acceptors (Lipinski definition) is 5. The van der Waals surface area contributed by atoms with E-state index in [-0.39, 0.29) is 11.8 Å². The average Bonchev–Trinajstić information content (AvgIpc) is 3.03. The van der Waals surface area contributed by atoms with Crippen LogP contribution in [0.4, 0.5) is 11.4 Å². The van der Waals surface area contributed by atoms with Crippen LogP contribution in [0, 0.1) is 6.92 Å². The molecule has 0 aliphatic carbocycles. The van der Waals surface area contributed by atoms with Crippen molar-refractivity contribution in [1.82, 2.24) is 14.8 Å². The fourth-order valence-corrected chi connectivity index (χ4v) is 3.13. The molecule has 2 N–H and O–H groups in total. The van der Waals surface area contributed by atoms with Crippen molar-refractivity contribution in [3.63, 3.8) is 0 Å². The van der Waals surface area contributed by atoms with Gasteiger partial charge in [-0.1, -0.05) is 6.07 Å². The summed E-state index contributed by atoms with van der Waals surface area (Å²) < 4.78 is 1.84. The van der Waals surface area contributed by atoms with Crippen molar-refractivity contribution in [2.45, 2.75) is 23.9 Å². The largest absolute Gasteiger partial charge is 0.326 e. The maximum absolute atomic E-state index is 12.5. The number of amides is 2. The molecule has 27 heavy (non-hydrogen) atoms. The Labute approximate surface area is 161 Å². The van der Waals surface area contributed by atoms with Crippen molar-refractivity contribution < 1.29 is 9.59 Å². The summed E-state index contributed by atoms with van der Waals surface area (Å²) in [5.74, 6) is -0.415. The maximum Gasteiger partial charge on any atom is 0.255 e. The Balaban J connectivity index is 1.69. The summed E-state index contributed by atoms with van der Waals surface area (Å²) in [4.78, 5) is 24.8. The Morgan fingerprint density at radius 3 is 2.44 bits per heavy atom. The molecule has 1 heterocycles. The summed E-state index contributed by atoms with van der Waals surface area (Å²) in [6, 6.07) is 12.7. The average molecular weight is 381 g/mol. The fourth-order valence-electron chi connectivity index (χ4n) is 2.37. The molecule has 0 saturated carbocycles. The molecule has 0 unspecified atom stereocenters. The van der Waals surface area contributed by atoms with E-state index in [2.05, 4.69) is 20.8 Å². The summed E-state index contributed by atoms with van der Waals surface area (Å²) in [5, 5.41) is 14.3. The molecule has 8 heteroatoms. The molecular formula is C19H19N5O2S. The molecule has 0 radical (unpaired) electrons. The van der Waals surface area contributed by atoms with Gasteiger partial charge in [0.2, 0.25) is 5.91 Å². The molecule has 138 valence electrons. The Hall–Kier alpha value is -3.13. The Bertz CT molecular complexity index is 982. The molecule has 7 nitrogen and oxygen atoms in total. The number of hydrogen-bond donors (Lipinski definition) is 2. The molecule has 2 aromatic carbocycles. The van der Waals surface area contributed by atoms with Crippen LogP contribution in [0.1, 0.15) is 22.8 Å². The first-order chi connectivity index (χ1) is 12.9. The predicted molar refractivity (Wildman–Crippen MR) is 105 cm³/mol. The highest BCUT2D eigenvalue weighted by Gasteiger charge is 2.10. The van der Waals surface area contributed by atoms with Gasteiger partial charge >= 0.3 is 0 Å². The first-order valence-electron chi connectivity index (χ1n) is 8.24. The normalized spacial score (nSPS) is 10.5. The van der Waals surface area contributed by atoms with E-state index in [0.717, 1.165) is 15.6 Å². The van der Waals surface area contributed by atoms with Gasteiger partial charge in [0.25, 0.3) is 5.91 Å². The molecule has 3 aromatic rings. The quantitative estimate of drug-likeness (QED) is 0.706. The Morgan fingerprint density at radius 2 is 1.81 bits per heavy atom.